The summed E-state index contributed by atoms with van der Waals surface area (Å²) in [5.74, 6) is 2.38. The quantitative estimate of drug-likeness (QED) is 0.268. The number of hydrogen-bond donors (Lipinski definition) is 3. The molecule has 1 aromatic heterocycles. The lowest BCUT2D eigenvalue weighted by atomic mass is 9.94. The molecule has 25 heavy (non-hydrogen) atoms. The molecule has 0 aliphatic carbocycles. The van der Waals surface area contributed by atoms with E-state index in [0.29, 0.717) is 24.3 Å². The number of nitrogens with one attached hydrogen (secondary N) is 2. The molecule has 1 aromatic rings. The third-order valence-corrected chi connectivity index (χ3v) is 4.63. The number of aliphatic hydroxyl groups excluding tert-OH is 1. The van der Waals surface area contributed by atoms with E-state index < -0.39 is 0 Å². The normalized spacial score (nSPS) is 13.0. The SMILES string of the molecule is CCNC(=NCc1nc(C(C)C)cs1)NCC(CCO)CC(C)C.I. The number of guanidine groups is 1. The Labute approximate surface area is 174 Å². The zero-order chi connectivity index (χ0) is 17.9. The summed E-state index contributed by atoms with van der Waals surface area (Å²) in [4.78, 5) is 9.28. The first kappa shape index (κ1) is 24.6. The van der Waals surface area contributed by atoms with E-state index in [4.69, 9.17) is 0 Å². The van der Waals surface area contributed by atoms with Gasteiger partial charge in [-0.15, -0.1) is 35.3 Å². The van der Waals surface area contributed by atoms with Gasteiger partial charge >= 0.3 is 0 Å². The van der Waals surface area contributed by atoms with Crippen LogP contribution in [0.2, 0.25) is 0 Å². The Morgan fingerprint density at radius 1 is 1.28 bits per heavy atom. The van der Waals surface area contributed by atoms with Gasteiger partial charge in [-0.05, 0) is 37.5 Å². The number of aliphatic imine (C=N–C) groups is 1. The highest BCUT2D eigenvalue weighted by atomic mass is 127. The van der Waals surface area contributed by atoms with Gasteiger partial charge in [0.15, 0.2) is 5.96 Å². The summed E-state index contributed by atoms with van der Waals surface area (Å²) in [6, 6.07) is 0. The van der Waals surface area contributed by atoms with Crippen LogP contribution in [0.4, 0.5) is 0 Å². The molecule has 0 aromatic carbocycles. The van der Waals surface area contributed by atoms with Crippen molar-refractivity contribution < 1.29 is 5.11 Å². The van der Waals surface area contributed by atoms with Crippen molar-refractivity contribution in [1.82, 2.24) is 15.6 Å². The average Bonchev–Trinajstić information content (AvgIpc) is 2.98. The second-order valence-corrected chi connectivity index (χ2v) is 7.85. The van der Waals surface area contributed by atoms with Gasteiger partial charge in [0.05, 0.1) is 12.2 Å². The number of rotatable bonds is 10. The number of aromatic nitrogens is 1. The molecule has 0 bridgehead atoms. The van der Waals surface area contributed by atoms with E-state index in [1.165, 1.54) is 0 Å². The van der Waals surface area contributed by atoms with Gasteiger partial charge in [0.1, 0.15) is 5.01 Å². The van der Waals surface area contributed by atoms with Crippen molar-refractivity contribution in [2.24, 2.45) is 16.8 Å². The Kier molecular flexibility index (Phi) is 13.5. The van der Waals surface area contributed by atoms with Crippen molar-refractivity contribution in [2.75, 3.05) is 19.7 Å². The maximum absolute atomic E-state index is 9.24. The van der Waals surface area contributed by atoms with Crippen molar-refractivity contribution in [3.63, 3.8) is 0 Å². The zero-order valence-electron chi connectivity index (χ0n) is 16.2. The molecule has 0 saturated carbocycles. The number of nitrogens with zero attached hydrogens (tertiary/aromatic N) is 2. The summed E-state index contributed by atoms with van der Waals surface area (Å²) in [5, 5.41) is 19.1. The number of hydrogen-bond acceptors (Lipinski definition) is 4. The Morgan fingerprint density at radius 2 is 2.00 bits per heavy atom. The van der Waals surface area contributed by atoms with Gasteiger partial charge in [0.2, 0.25) is 0 Å². The van der Waals surface area contributed by atoms with Crippen LogP contribution in [-0.4, -0.2) is 35.7 Å². The Bertz CT molecular complexity index is 491. The predicted octanol–water partition coefficient (Wildman–Crippen LogP) is 3.98. The largest absolute Gasteiger partial charge is 0.396 e. The Hall–Kier alpha value is -0.410. The van der Waals surface area contributed by atoms with Crippen LogP contribution in [0.3, 0.4) is 0 Å². The first-order valence-electron chi connectivity index (χ1n) is 9.03. The molecule has 7 heteroatoms. The fraction of sp³-hybridized carbons (Fsp3) is 0.778. The van der Waals surface area contributed by atoms with E-state index in [9.17, 15) is 5.11 Å². The van der Waals surface area contributed by atoms with E-state index in [1.54, 1.807) is 11.3 Å². The van der Waals surface area contributed by atoms with E-state index in [-0.39, 0.29) is 30.6 Å². The zero-order valence-corrected chi connectivity index (χ0v) is 19.4. The highest BCUT2D eigenvalue weighted by Gasteiger charge is 2.11. The molecule has 0 spiro atoms. The Balaban J connectivity index is 0.00000576. The molecule has 3 N–H and O–H groups in total. The lowest BCUT2D eigenvalue weighted by molar-refractivity contribution is 0.243. The summed E-state index contributed by atoms with van der Waals surface area (Å²) in [6.07, 6.45) is 1.94. The Morgan fingerprint density at radius 3 is 2.52 bits per heavy atom. The van der Waals surface area contributed by atoms with E-state index >= 15 is 0 Å². The first-order valence-corrected chi connectivity index (χ1v) is 9.91. The van der Waals surface area contributed by atoms with Crippen LogP contribution in [0.15, 0.2) is 10.4 Å². The van der Waals surface area contributed by atoms with Crippen molar-refractivity contribution in [1.29, 1.82) is 0 Å². The molecule has 0 radical (unpaired) electrons. The summed E-state index contributed by atoms with van der Waals surface area (Å²) in [5.41, 5.74) is 1.14. The van der Waals surface area contributed by atoms with Crippen LogP contribution >= 0.6 is 35.3 Å². The van der Waals surface area contributed by atoms with Crippen LogP contribution in [0.25, 0.3) is 0 Å². The molecule has 5 nitrogen and oxygen atoms in total. The molecule has 0 fully saturated rings. The van der Waals surface area contributed by atoms with E-state index in [0.717, 1.165) is 42.6 Å². The molecular weight excluding hydrogens is 447 g/mol. The van der Waals surface area contributed by atoms with Gasteiger partial charge in [-0.2, -0.15) is 0 Å². The first-order chi connectivity index (χ1) is 11.5. The second kappa shape index (κ2) is 13.7. The highest BCUT2D eigenvalue weighted by molar-refractivity contribution is 14.0. The summed E-state index contributed by atoms with van der Waals surface area (Å²) in [6.45, 7) is 13.3. The van der Waals surface area contributed by atoms with Crippen LogP contribution in [0, 0.1) is 11.8 Å². The van der Waals surface area contributed by atoms with Crippen LogP contribution in [0.1, 0.15) is 64.1 Å². The third kappa shape index (κ3) is 10.4. The second-order valence-electron chi connectivity index (χ2n) is 6.90. The molecule has 0 aliphatic rings. The van der Waals surface area contributed by atoms with Crippen molar-refractivity contribution >= 4 is 41.3 Å². The number of halogens is 1. The summed E-state index contributed by atoms with van der Waals surface area (Å²) in [7, 11) is 0. The smallest absolute Gasteiger partial charge is 0.191 e. The molecule has 1 unspecified atom stereocenters. The molecule has 1 atom stereocenters. The van der Waals surface area contributed by atoms with Crippen LogP contribution < -0.4 is 10.6 Å². The molecule has 0 aliphatic heterocycles. The fourth-order valence-corrected chi connectivity index (χ4v) is 3.42. The van der Waals surface area contributed by atoms with Gasteiger partial charge in [0, 0.05) is 25.1 Å². The van der Waals surface area contributed by atoms with E-state index in [1.807, 2.05) is 0 Å². The number of aliphatic hydroxyl groups is 1. The minimum absolute atomic E-state index is 0. The molecule has 146 valence electrons. The van der Waals surface area contributed by atoms with Gasteiger partial charge in [-0.25, -0.2) is 9.98 Å². The lowest BCUT2D eigenvalue weighted by Gasteiger charge is -2.20. The van der Waals surface area contributed by atoms with Crippen LogP contribution in [0.5, 0.6) is 0 Å². The molecular formula is C18H35IN4OS. The van der Waals surface area contributed by atoms with E-state index in [2.05, 4.69) is 60.6 Å². The maximum atomic E-state index is 9.24. The van der Waals surface area contributed by atoms with Gasteiger partial charge in [0.25, 0.3) is 0 Å². The minimum Gasteiger partial charge on any atom is -0.396 e. The maximum Gasteiger partial charge on any atom is 0.191 e. The van der Waals surface area contributed by atoms with Crippen molar-refractivity contribution in [3.05, 3.63) is 16.1 Å². The molecule has 0 saturated heterocycles. The lowest BCUT2D eigenvalue weighted by Crippen LogP contribution is -2.40. The molecule has 1 rings (SSSR count). The topological polar surface area (TPSA) is 69.5 Å². The monoisotopic (exact) mass is 482 g/mol. The van der Waals surface area contributed by atoms with Crippen molar-refractivity contribution in [3.8, 4) is 0 Å². The minimum atomic E-state index is 0. The standard InChI is InChI=1S/C18H34N4OS.HI/c1-6-19-18(20-10-15(7-8-23)9-13(2)3)21-11-17-22-16(12-24-17)14(4)5;/h12-15,23H,6-11H2,1-5H3,(H2,19,20,21);1H. The highest BCUT2D eigenvalue weighted by Crippen LogP contribution is 2.18. The molecule has 0 amide bonds. The van der Waals surface area contributed by atoms with Gasteiger partial charge < -0.3 is 15.7 Å². The average molecular weight is 482 g/mol. The number of thiazole rings is 1. The summed E-state index contributed by atoms with van der Waals surface area (Å²) < 4.78 is 0. The summed E-state index contributed by atoms with van der Waals surface area (Å²) >= 11 is 1.67. The predicted molar refractivity (Wildman–Crippen MR) is 119 cm³/mol. The fourth-order valence-electron chi connectivity index (χ4n) is 2.54. The van der Waals surface area contributed by atoms with Crippen molar-refractivity contribution in [2.45, 2.75) is 59.9 Å². The van der Waals surface area contributed by atoms with Gasteiger partial charge in [-0.3, -0.25) is 0 Å². The van der Waals surface area contributed by atoms with Crippen LogP contribution in [-0.2, 0) is 6.54 Å². The van der Waals surface area contributed by atoms with Gasteiger partial charge in [-0.1, -0.05) is 27.7 Å². The third-order valence-electron chi connectivity index (χ3n) is 3.78. The molecule has 1 heterocycles.